The highest BCUT2D eigenvalue weighted by Crippen LogP contribution is 2.64. The van der Waals surface area contributed by atoms with Gasteiger partial charge in [0.05, 0.1) is 102 Å². The van der Waals surface area contributed by atoms with Crippen LogP contribution in [0.5, 0.6) is 0 Å². The Bertz CT molecular complexity index is 3470. The van der Waals surface area contributed by atoms with Crippen LogP contribution in [0.2, 0.25) is 0 Å². The molecule has 10 aromatic carbocycles. The molecule has 0 aromatic heterocycles. The van der Waals surface area contributed by atoms with Crippen LogP contribution in [-0.2, 0) is 0 Å². The molecule has 384 valence electrons. The van der Waals surface area contributed by atoms with Crippen LogP contribution in [0, 0.1) is 83.1 Å². The molecule has 10 aromatic rings. The number of benzene rings is 10. The molecule has 0 spiro atoms. The number of para-hydroxylation sites is 12. The van der Waals surface area contributed by atoms with E-state index in [4.69, 9.17) is 0 Å². The predicted molar refractivity (Wildman–Crippen MR) is 332 cm³/mol. The molecule has 0 saturated heterocycles. The summed E-state index contributed by atoms with van der Waals surface area (Å²) in [6, 6.07) is 68.0. The van der Waals surface area contributed by atoms with Gasteiger partial charge < -0.3 is 29.4 Å². The van der Waals surface area contributed by atoms with Crippen molar-refractivity contribution in [3.05, 3.63) is 249 Å². The van der Waals surface area contributed by atoms with Gasteiger partial charge in [-0.1, -0.05) is 126 Å². The van der Waals surface area contributed by atoms with Gasteiger partial charge in [0.15, 0.2) is 0 Å². The van der Waals surface area contributed by atoms with E-state index in [1.807, 2.05) is 0 Å². The summed E-state index contributed by atoms with van der Waals surface area (Å²) in [5, 5.41) is 0. The van der Waals surface area contributed by atoms with Gasteiger partial charge in [-0.25, -0.2) is 0 Å². The van der Waals surface area contributed by atoms with Gasteiger partial charge >= 0.3 is 0 Å². The molecule has 3 aliphatic heterocycles. The smallest absolute Gasteiger partial charge is 0.0703 e. The Morgan fingerprint density at radius 1 is 0.179 bits per heavy atom. The lowest BCUT2D eigenvalue weighted by Crippen LogP contribution is -2.30. The molecule has 0 atom stereocenters. The van der Waals surface area contributed by atoms with E-state index in [0.29, 0.717) is 0 Å². The molecule has 0 aliphatic carbocycles. The number of aryl methyl sites for hydroxylation is 9. The topological polar surface area (TPSA) is 19.4 Å². The molecular weight excluding hydrogens is 949 g/mol. The minimum atomic E-state index is 1.12. The highest BCUT2D eigenvalue weighted by atomic mass is 15.3. The summed E-state index contributed by atoms with van der Waals surface area (Å²) in [6.45, 7) is 27.3. The molecular formula is C72H66N6. The molecule has 0 saturated carbocycles. The Hall–Kier alpha value is -9.00. The molecule has 0 fully saturated rings. The fraction of sp³-hybridized carbons (Fsp3) is 0.167. The van der Waals surface area contributed by atoms with Crippen LogP contribution in [-0.4, -0.2) is 0 Å². The van der Waals surface area contributed by atoms with Crippen molar-refractivity contribution in [3.8, 4) is 0 Å². The van der Waals surface area contributed by atoms with E-state index < -0.39 is 0 Å². The second kappa shape index (κ2) is 18.3. The Morgan fingerprint density at radius 2 is 0.308 bits per heavy atom. The fourth-order valence-corrected chi connectivity index (χ4v) is 14.0. The zero-order valence-electron chi connectivity index (χ0n) is 47.0. The molecule has 13 rings (SSSR count). The summed E-state index contributed by atoms with van der Waals surface area (Å²) in [4.78, 5) is 15.3. The maximum Gasteiger partial charge on any atom is 0.0703 e. The highest BCUT2D eigenvalue weighted by Gasteiger charge is 2.41. The molecule has 0 radical (unpaired) electrons. The maximum atomic E-state index is 2.58. The fourth-order valence-electron chi connectivity index (χ4n) is 14.0. The first-order chi connectivity index (χ1) is 37.7. The average molecular weight is 1020 g/mol. The second-order valence-electron chi connectivity index (χ2n) is 22.1. The number of rotatable bonds is 6. The van der Waals surface area contributed by atoms with Crippen LogP contribution in [0.25, 0.3) is 0 Å². The summed E-state index contributed by atoms with van der Waals surface area (Å²) < 4.78 is 0. The number of anilines is 18. The number of hydrogen-bond donors (Lipinski definition) is 0. The summed E-state index contributed by atoms with van der Waals surface area (Å²) in [7, 11) is 0. The van der Waals surface area contributed by atoms with E-state index in [9.17, 15) is 0 Å². The van der Waals surface area contributed by atoms with Crippen molar-refractivity contribution >= 4 is 102 Å². The third kappa shape index (κ3) is 7.22. The molecule has 0 unspecified atom stereocenters. The third-order valence-corrected chi connectivity index (χ3v) is 16.6. The average Bonchev–Trinajstić information content (AvgIpc) is 3.35. The van der Waals surface area contributed by atoms with E-state index >= 15 is 0 Å². The summed E-state index contributed by atoms with van der Waals surface area (Å²) in [5.74, 6) is 0. The second-order valence-corrected chi connectivity index (χ2v) is 22.1. The van der Waals surface area contributed by atoms with Crippen LogP contribution < -0.4 is 29.4 Å². The molecule has 3 aliphatic rings. The quantitative estimate of drug-likeness (QED) is 0.164. The lowest BCUT2D eigenvalue weighted by atomic mass is 9.91. The van der Waals surface area contributed by atoms with Gasteiger partial charge in [-0.15, -0.1) is 0 Å². The largest absolute Gasteiger partial charge is 0.306 e. The molecule has 0 amide bonds. The standard InChI is InChI=1S/C72H66N6/c1-43-37-46(4)67(47(5)38-43)73-55-25-13-19-31-61(55)76(62-32-20-14-26-56(62)73)70-52(10)71(77-63-33-21-15-27-57(63)74(58-28-16-22-34-64(58)77)68-48(6)39-44(2)40-49(68)7)54(12)72(53(70)11)78-65-35-23-17-29-59(65)75(60-30-18-24-36-66(60)78)69-50(8)41-45(3)42-51(69)9/h13-42H,1-12H3. The first-order valence-electron chi connectivity index (χ1n) is 27.5. The lowest BCUT2D eigenvalue weighted by molar-refractivity contribution is 1.08. The van der Waals surface area contributed by atoms with Crippen LogP contribution >= 0.6 is 0 Å². The van der Waals surface area contributed by atoms with Crippen molar-refractivity contribution < 1.29 is 0 Å². The van der Waals surface area contributed by atoms with E-state index in [1.54, 1.807) is 0 Å². The van der Waals surface area contributed by atoms with Crippen molar-refractivity contribution in [2.75, 3.05) is 29.4 Å². The monoisotopic (exact) mass is 1010 g/mol. The molecule has 3 heterocycles. The van der Waals surface area contributed by atoms with E-state index in [0.717, 1.165) is 85.3 Å². The molecule has 6 heteroatoms. The number of fused-ring (bicyclic) bond motifs is 6. The predicted octanol–water partition coefficient (Wildman–Crippen LogP) is 21.1. The highest BCUT2D eigenvalue weighted by molar-refractivity contribution is 6.11. The van der Waals surface area contributed by atoms with Crippen LogP contribution in [0.1, 0.15) is 66.8 Å². The van der Waals surface area contributed by atoms with Crippen LogP contribution in [0.15, 0.2) is 182 Å². The van der Waals surface area contributed by atoms with Crippen molar-refractivity contribution in [3.63, 3.8) is 0 Å². The third-order valence-electron chi connectivity index (χ3n) is 16.6. The molecule has 78 heavy (non-hydrogen) atoms. The van der Waals surface area contributed by atoms with Crippen LogP contribution in [0.3, 0.4) is 0 Å². The normalized spacial score (nSPS) is 13.2. The van der Waals surface area contributed by atoms with Crippen molar-refractivity contribution in [1.29, 1.82) is 0 Å². The van der Waals surface area contributed by atoms with Gasteiger partial charge in [0, 0.05) is 0 Å². The minimum absolute atomic E-state index is 1.12. The first kappa shape index (κ1) is 48.6. The van der Waals surface area contributed by atoms with Gasteiger partial charge in [0.1, 0.15) is 0 Å². The van der Waals surface area contributed by atoms with Gasteiger partial charge in [-0.2, -0.15) is 0 Å². The van der Waals surface area contributed by atoms with Crippen molar-refractivity contribution in [2.45, 2.75) is 83.1 Å². The van der Waals surface area contributed by atoms with Gasteiger partial charge in [-0.3, -0.25) is 0 Å². The van der Waals surface area contributed by atoms with E-state index in [1.165, 1.54) is 83.8 Å². The molecule has 0 N–H and O–H groups in total. The lowest BCUT2D eigenvalue weighted by Gasteiger charge is -2.46. The van der Waals surface area contributed by atoms with E-state index in [2.05, 4.69) is 294 Å². The summed E-state index contributed by atoms with van der Waals surface area (Å²) >= 11 is 0. The van der Waals surface area contributed by atoms with Gasteiger partial charge in [0.2, 0.25) is 0 Å². The Kier molecular flexibility index (Phi) is 11.4. The Balaban J connectivity index is 1.14. The molecule has 0 bridgehead atoms. The van der Waals surface area contributed by atoms with E-state index in [-0.39, 0.29) is 0 Å². The van der Waals surface area contributed by atoms with Crippen LogP contribution in [0.4, 0.5) is 102 Å². The maximum absolute atomic E-state index is 2.58. The molecule has 6 nitrogen and oxygen atoms in total. The Morgan fingerprint density at radius 3 is 0.449 bits per heavy atom. The Labute approximate surface area is 461 Å². The minimum Gasteiger partial charge on any atom is -0.306 e. The summed E-state index contributed by atoms with van der Waals surface area (Å²) in [5.41, 5.74) is 35.4. The zero-order valence-corrected chi connectivity index (χ0v) is 47.0. The summed E-state index contributed by atoms with van der Waals surface area (Å²) in [6.07, 6.45) is 0. The zero-order chi connectivity index (χ0) is 54.0. The van der Waals surface area contributed by atoms with Crippen molar-refractivity contribution in [2.24, 2.45) is 0 Å². The van der Waals surface area contributed by atoms with Gasteiger partial charge in [0.25, 0.3) is 0 Å². The number of nitrogens with zero attached hydrogens (tertiary/aromatic N) is 6. The SMILES string of the molecule is Cc1cc(C)c(N2c3ccccc3N(c3c(C)c(N4c5ccccc5N(c5c(C)cc(C)cc5C)c5ccccc54)c(C)c(N4c5ccccc5N(c5c(C)cc(C)cc5C)c5ccccc54)c3C)c3ccccc32)c(C)c1. The van der Waals surface area contributed by atoms with Crippen molar-refractivity contribution in [1.82, 2.24) is 0 Å². The van der Waals surface area contributed by atoms with Gasteiger partial charge in [-0.05, 0) is 206 Å². The number of hydrogen-bond acceptors (Lipinski definition) is 6. The first-order valence-corrected chi connectivity index (χ1v) is 27.5.